The quantitative estimate of drug-likeness (QED) is 0.412. The molecule has 1 N–H and O–H groups in total. The van der Waals surface area contributed by atoms with Crippen LogP contribution in [0.4, 0.5) is 5.69 Å². The number of benzene rings is 3. The van der Waals surface area contributed by atoms with Crippen LogP contribution in [0, 0.1) is 0 Å². The molecule has 8 nitrogen and oxygen atoms in total. The predicted octanol–water partition coefficient (Wildman–Crippen LogP) is 3.91. The fraction of sp³-hybridized carbons (Fsp3) is 0.214. The Morgan fingerprint density at radius 1 is 1.03 bits per heavy atom. The standard InChI is InChI=1S/C28H27N5O3/c1-36-17-16-32(19-26-29-23-15-9-8-14-22(23)27(34)30-26)28(35)24-18-25(20-10-4-2-5-11-20)33(31-24)21-12-6-3-7-13-21/h2-15,25H,16-19H2,1H3,(H,29,30,34)/t25-/m1/s1. The number of hydrazone groups is 1. The zero-order chi connectivity index (χ0) is 24.9. The van der Waals surface area contributed by atoms with Crippen LogP contribution in [0.2, 0.25) is 0 Å². The third kappa shape index (κ3) is 4.89. The number of rotatable bonds is 8. The summed E-state index contributed by atoms with van der Waals surface area (Å²) >= 11 is 0. The summed E-state index contributed by atoms with van der Waals surface area (Å²) in [5, 5.41) is 7.20. The Bertz CT molecular complexity index is 1440. The van der Waals surface area contributed by atoms with Crippen molar-refractivity contribution in [3.63, 3.8) is 0 Å². The number of hydrogen-bond acceptors (Lipinski definition) is 6. The van der Waals surface area contributed by atoms with Crippen LogP contribution in [0.5, 0.6) is 0 Å². The molecule has 1 aromatic heterocycles. The van der Waals surface area contributed by atoms with E-state index in [-0.39, 0.29) is 24.1 Å². The molecule has 4 aromatic rings. The van der Waals surface area contributed by atoms with Crippen molar-refractivity contribution >= 4 is 28.2 Å². The van der Waals surface area contributed by atoms with Crippen molar-refractivity contribution in [2.75, 3.05) is 25.3 Å². The predicted molar refractivity (Wildman–Crippen MR) is 140 cm³/mol. The molecular formula is C28H27N5O3. The Balaban J connectivity index is 1.45. The van der Waals surface area contributed by atoms with Gasteiger partial charge in [0.05, 0.1) is 35.8 Å². The lowest BCUT2D eigenvalue weighted by Gasteiger charge is -2.23. The Morgan fingerprint density at radius 2 is 1.72 bits per heavy atom. The van der Waals surface area contributed by atoms with E-state index in [0.29, 0.717) is 42.0 Å². The molecule has 1 aliphatic rings. The molecule has 5 rings (SSSR count). The molecule has 8 heteroatoms. The number of amides is 1. The molecule has 182 valence electrons. The molecule has 0 unspecified atom stereocenters. The van der Waals surface area contributed by atoms with Crippen LogP contribution in [-0.2, 0) is 16.1 Å². The average molecular weight is 482 g/mol. The molecular weight excluding hydrogens is 454 g/mol. The molecule has 0 bridgehead atoms. The van der Waals surface area contributed by atoms with Crippen LogP contribution < -0.4 is 10.6 Å². The zero-order valence-corrected chi connectivity index (χ0v) is 20.0. The maximum absolute atomic E-state index is 13.8. The first-order valence-corrected chi connectivity index (χ1v) is 11.9. The number of carbonyl (C=O) groups excluding carboxylic acids is 1. The molecule has 1 atom stereocenters. The highest BCUT2D eigenvalue weighted by atomic mass is 16.5. The fourth-order valence-corrected chi connectivity index (χ4v) is 4.42. The molecule has 36 heavy (non-hydrogen) atoms. The summed E-state index contributed by atoms with van der Waals surface area (Å²) < 4.78 is 5.26. The molecule has 0 saturated heterocycles. The van der Waals surface area contributed by atoms with Gasteiger partial charge in [-0.2, -0.15) is 5.10 Å². The molecule has 0 radical (unpaired) electrons. The van der Waals surface area contributed by atoms with Gasteiger partial charge in [-0.05, 0) is 29.8 Å². The van der Waals surface area contributed by atoms with Crippen molar-refractivity contribution in [2.24, 2.45) is 5.10 Å². The minimum atomic E-state index is -0.229. The lowest BCUT2D eigenvalue weighted by Crippen LogP contribution is -2.38. The van der Waals surface area contributed by atoms with Crippen LogP contribution in [-0.4, -0.2) is 46.7 Å². The lowest BCUT2D eigenvalue weighted by molar-refractivity contribution is -0.125. The van der Waals surface area contributed by atoms with E-state index in [2.05, 4.69) is 22.1 Å². The Morgan fingerprint density at radius 3 is 2.47 bits per heavy atom. The zero-order valence-electron chi connectivity index (χ0n) is 20.0. The van der Waals surface area contributed by atoms with Crippen LogP contribution in [0.25, 0.3) is 10.9 Å². The Labute approximate surface area is 208 Å². The second-order valence-electron chi connectivity index (χ2n) is 8.61. The van der Waals surface area contributed by atoms with Crippen LogP contribution in [0.15, 0.2) is 94.8 Å². The van der Waals surface area contributed by atoms with E-state index in [9.17, 15) is 9.59 Å². The number of aromatic amines is 1. The second-order valence-corrected chi connectivity index (χ2v) is 8.61. The first kappa shape index (κ1) is 23.4. The SMILES string of the molecule is COCCN(Cc1nc2ccccc2c(=O)[nH]1)C(=O)C1=NN(c2ccccc2)[C@@H](c2ccccc2)C1. The number of ether oxygens (including phenoxy) is 1. The topological polar surface area (TPSA) is 90.9 Å². The molecule has 1 aliphatic heterocycles. The number of methoxy groups -OCH3 is 1. The van der Waals surface area contributed by atoms with Gasteiger partial charge in [-0.1, -0.05) is 60.7 Å². The van der Waals surface area contributed by atoms with Crippen molar-refractivity contribution in [1.82, 2.24) is 14.9 Å². The monoisotopic (exact) mass is 481 g/mol. The van der Waals surface area contributed by atoms with E-state index < -0.39 is 0 Å². The Kier molecular flexibility index (Phi) is 6.86. The van der Waals surface area contributed by atoms with Crippen molar-refractivity contribution in [3.8, 4) is 0 Å². The third-order valence-electron chi connectivity index (χ3n) is 6.22. The molecule has 0 saturated carbocycles. The van der Waals surface area contributed by atoms with Gasteiger partial charge in [-0.3, -0.25) is 14.6 Å². The number of fused-ring (bicyclic) bond motifs is 1. The molecule has 3 aromatic carbocycles. The summed E-state index contributed by atoms with van der Waals surface area (Å²) in [7, 11) is 1.59. The molecule has 2 heterocycles. The number of H-pyrrole nitrogens is 1. The maximum Gasteiger partial charge on any atom is 0.270 e. The van der Waals surface area contributed by atoms with E-state index in [1.54, 1.807) is 30.2 Å². The highest BCUT2D eigenvalue weighted by Gasteiger charge is 2.34. The molecule has 0 aliphatic carbocycles. The van der Waals surface area contributed by atoms with Gasteiger partial charge >= 0.3 is 0 Å². The number of para-hydroxylation sites is 2. The first-order valence-electron chi connectivity index (χ1n) is 11.9. The summed E-state index contributed by atoms with van der Waals surface area (Å²) in [6, 6.07) is 27.0. The number of anilines is 1. The van der Waals surface area contributed by atoms with Gasteiger partial charge in [0.1, 0.15) is 11.5 Å². The van der Waals surface area contributed by atoms with Crippen LogP contribution in [0.3, 0.4) is 0 Å². The fourth-order valence-electron chi connectivity index (χ4n) is 4.42. The van der Waals surface area contributed by atoms with E-state index in [1.807, 2.05) is 59.6 Å². The van der Waals surface area contributed by atoms with E-state index in [1.165, 1.54) is 0 Å². The number of nitrogens with one attached hydrogen (secondary N) is 1. The number of aromatic nitrogens is 2. The molecule has 0 fully saturated rings. The van der Waals surface area contributed by atoms with Crippen molar-refractivity contribution in [3.05, 3.63) is 107 Å². The van der Waals surface area contributed by atoms with Gasteiger partial charge in [0.2, 0.25) is 0 Å². The third-order valence-corrected chi connectivity index (χ3v) is 6.22. The summed E-state index contributed by atoms with van der Waals surface area (Å²) in [5.41, 5.74) is 2.81. The number of hydrogen-bond donors (Lipinski definition) is 1. The van der Waals surface area contributed by atoms with Crippen molar-refractivity contribution in [1.29, 1.82) is 0 Å². The van der Waals surface area contributed by atoms with Crippen LogP contribution >= 0.6 is 0 Å². The minimum Gasteiger partial charge on any atom is -0.383 e. The molecule has 0 spiro atoms. The Hall–Kier alpha value is -4.30. The summed E-state index contributed by atoms with van der Waals surface area (Å²) in [4.78, 5) is 35.3. The van der Waals surface area contributed by atoms with Gasteiger partial charge in [0.25, 0.3) is 11.5 Å². The highest BCUT2D eigenvalue weighted by molar-refractivity contribution is 6.39. The lowest BCUT2D eigenvalue weighted by atomic mass is 10.0. The summed E-state index contributed by atoms with van der Waals surface area (Å²) in [5.74, 6) is 0.212. The second kappa shape index (κ2) is 10.5. The summed E-state index contributed by atoms with van der Waals surface area (Å²) in [6.07, 6.45) is 0.461. The summed E-state index contributed by atoms with van der Waals surface area (Å²) in [6.45, 7) is 0.830. The van der Waals surface area contributed by atoms with Gasteiger partial charge in [-0.25, -0.2) is 4.98 Å². The first-order chi connectivity index (χ1) is 17.6. The van der Waals surface area contributed by atoms with E-state index >= 15 is 0 Å². The largest absolute Gasteiger partial charge is 0.383 e. The smallest absolute Gasteiger partial charge is 0.270 e. The van der Waals surface area contributed by atoms with Gasteiger partial charge < -0.3 is 14.6 Å². The molecule has 1 amide bonds. The van der Waals surface area contributed by atoms with Gasteiger partial charge in [0, 0.05) is 20.1 Å². The van der Waals surface area contributed by atoms with Crippen molar-refractivity contribution < 1.29 is 9.53 Å². The minimum absolute atomic E-state index is 0.101. The maximum atomic E-state index is 13.8. The van der Waals surface area contributed by atoms with Crippen molar-refractivity contribution in [2.45, 2.75) is 19.0 Å². The highest BCUT2D eigenvalue weighted by Crippen LogP contribution is 2.35. The number of carbonyl (C=O) groups is 1. The van der Waals surface area contributed by atoms with Crippen LogP contribution in [0.1, 0.15) is 23.9 Å². The van der Waals surface area contributed by atoms with Gasteiger partial charge in [0.15, 0.2) is 0 Å². The van der Waals surface area contributed by atoms with E-state index in [0.717, 1.165) is 11.3 Å². The normalized spacial score (nSPS) is 15.2. The average Bonchev–Trinajstić information content (AvgIpc) is 3.37. The number of nitrogens with zero attached hydrogens (tertiary/aromatic N) is 4. The van der Waals surface area contributed by atoms with E-state index in [4.69, 9.17) is 9.84 Å². The van der Waals surface area contributed by atoms with Gasteiger partial charge in [-0.15, -0.1) is 0 Å².